The first-order valence-electron chi connectivity index (χ1n) is 6.42. The Morgan fingerprint density at radius 1 is 1.25 bits per heavy atom. The molecule has 0 fully saturated rings. The molecule has 5 nitrogen and oxygen atoms in total. The number of benzene rings is 1. The number of hydrogen-bond donors (Lipinski definition) is 0. The third-order valence-electron chi connectivity index (χ3n) is 3.08. The lowest BCUT2D eigenvalue weighted by molar-refractivity contribution is 0.130. The number of rotatable bonds is 5. The molecule has 0 bridgehead atoms. The summed E-state index contributed by atoms with van der Waals surface area (Å²) >= 11 is 0. The van der Waals surface area contributed by atoms with Crippen molar-refractivity contribution in [2.24, 2.45) is 5.16 Å². The van der Waals surface area contributed by atoms with E-state index < -0.39 is 0 Å². The number of aromatic nitrogens is 1. The van der Waals surface area contributed by atoms with Gasteiger partial charge in [0.15, 0.2) is 0 Å². The highest BCUT2D eigenvalue weighted by Gasteiger charge is 2.08. The first-order chi connectivity index (χ1) is 9.58. The van der Waals surface area contributed by atoms with Gasteiger partial charge in [0.1, 0.15) is 12.4 Å². The Balaban J connectivity index is 1.90. The molecule has 0 amide bonds. The van der Waals surface area contributed by atoms with Crippen molar-refractivity contribution in [1.29, 1.82) is 0 Å². The smallest absolute Gasteiger partial charge is 0.147 e. The first-order valence-corrected chi connectivity index (χ1v) is 6.42. The van der Waals surface area contributed by atoms with Crippen molar-refractivity contribution < 1.29 is 9.36 Å². The molecule has 0 aliphatic rings. The van der Waals surface area contributed by atoms with Crippen LogP contribution >= 0.6 is 0 Å². The summed E-state index contributed by atoms with van der Waals surface area (Å²) in [6.45, 7) is 4.12. The van der Waals surface area contributed by atoms with Crippen molar-refractivity contribution in [3.8, 4) is 0 Å². The van der Waals surface area contributed by atoms with E-state index in [9.17, 15) is 0 Å². The Morgan fingerprint density at radius 3 is 2.50 bits per heavy atom. The molecule has 0 atom stereocenters. The highest BCUT2D eigenvalue weighted by molar-refractivity contribution is 5.79. The van der Waals surface area contributed by atoms with Crippen LogP contribution in [0, 0.1) is 13.8 Å². The summed E-state index contributed by atoms with van der Waals surface area (Å²) in [7, 11) is 4.02. The first kappa shape index (κ1) is 14.1. The minimum Gasteiger partial charge on any atom is -0.391 e. The van der Waals surface area contributed by atoms with E-state index in [4.69, 9.17) is 9.36 Å². The van der Waals surface area contributed by atoms with Crippen LogP contribution in [0.2, 0.25) is 0 Å². The summed E-state index contributed by atoms with van der Waals surface area (Å²) < 4.78 is 5.06. The van der Waals surface area contributed by atoms with Gasteiger partial charge in [-0.3, -0.25) is 0 Å². The molecule has 20 heavy (non-hydrogen) atoms. The fourth-order valence-corrected chi connectivity index (χ4v) is 1.77. The molecule has 0 aliphatic carbocycles. The normalized spacial score (nSPS) is 11.0. The maximum Gasteiger partial charge on any atom is 0.147 e. The Hall–Kier alpha value is -2.30. The molecule has 0 unspecified atom stereocenters. The van der Waals surface area contributed by atoms with E-state index in [-0.39, 0.29) is 0 Å². The van der Waals surface area contributed by atoms with Crippen molar-refractivity contribution in [2.75, 3.05) is 19.0 Å². The number of oxime groups is 1. The quantitative estimate of drug-likeness (QED) is 0.621. The predicted molar refractivity (Wildman–Crippen MR) is 79.1 cm³/mol. The van der Waals surface area contributed by atoms with Crippen LogP contribution in [0.3, 0.4) is 0 Å². The van der Waals surface area contributed by atoms with Crippen LogP contribution in [-0.2, 0) is 11.4 Å². The van der Waals surface area contributed by atoms with E-state index in [0.29, 0.717) is 6.61 Å². The minimum absolute atomic E-state index is 0.369. The van der Waals surface area contributed by atoms with Gasteiger partial charge in [0, 0.05) is 19.8 Å². The molecule has 1 heterocycles. The van der Waals surface area contributed by atoms with Crippen LogP contribution in [0.25, 0.3) is 0 Å². The van der Waals surface area contributed by atoms with Gasteiger partial charge < -0.3 is 14.3 Å². The zero-order valence-corrected chi connectivity index (χ0v) is 12.3. The second-order valence-corrected chi connectivity index (χ2v) is 4.80. The zero-order valence-electron chi connectivity index (χ0n) is 12.3. The SMILES string of the molecule is Cc1noc(C)c1CON=Cc1ccc(N(C)C)cc1. The Bertz CT molecular complexity index is 566. The monoisotopic (exact) mass is 273 g/mol. The number of anilines is 1. The molecule has 0 aliphatic heterocycles. The molecule has 2 aromatic rings. The summed E-state index contributed by atoms with van der Waals surface area (Å²) in [6.07, 6.45) is 1.69. The fraction of sp³-hybridized carbons (Fsp3) is 0.333. The van der Waals surface area contributed by atoms with Gasteiger partial charge >= 0.3 is 0 Å². The van der Waals surface area contributed by atoms with Gasteiger partial charge in [-0.2, -0.15) is 0 Å². The van der Waals surface area contributed by atoms with Crippen LogP contribution < -0.4 is 4.90 Å². The van der Waals surface area contributed by atoms with Gasteiger partial charge in [0.2, 0.25) is 0 Å². The predicted octanol–water partition coefficient (Wildman–Crippen LogP) is 2.91. The van der Waals surface area contributed by atoms with Gasteiger partial charge in [-0.15, -0.1) is 0 Å². The molecule has 1 aromatic heterocycles. The van der Waals surface area contributed by atoms with Gasteiger partial charge in [-0.05, 0) is 31.5 Å². The highest BCUT2D eigenvalue weighted by atomic mass is 16.6. The topological polar surface area (TPSA) is 50.9 Å². The van der Waals surface area contributed by atoms with E-state index >= 15 is 0 Å². The van der Waals surface area contributed by atoms with E-state index in [1.54, 1.807) is 6.21 Å². The second kappa shape index (κ2) is 6.23. The van der Waals surface area contributed by atoms with E-state index in [1.165, 1.54) is 0 Å². The van der Waals surface area contributed by atoms with Crippen LogP contribution in [0.5, 0.6) is 0 Å². The zero-order chi connectivity index (χ0) is 14.5. The second-order valence-electron chi connectivity index (χ2n) is 4.80. The number of aryl methyl sites for hydroxylation is 2. The largest absolute Gasteiger partial charge is 0.391 e. The van der Waals surface area contributed by atoms with Crippen molar-refractivity contribution in [3.05, 3.63) is 46.8 Å². The molecule has 0 saturated heterocycles. The van der Waals surface area contributed by atoms with Gasteiger partial charge in [-0.1, -0.05) is 22.4 Å². The molecular weight excluding hydrogens is 254 g/mol. The van der Waals surface area contributed by atoms with Crippen LogP contribution in [0.15, 0.2) is 33.9 Å². The van der Waals surface area contributed by atoms with Crippen molar-refractivity contribution in [3.63, 3.8) is 0 Å². The highest BCUT2D eigenvalue weighted by Crippen LogP contribution is 2.14. The van der Waals surface area contributed by atoms with Crippen LogP contribution in [0.4, 0.5) is 5.69 Å². The van der Waals surface area contributed by atoms with E-state index in [2.05, 4.69) is 15.2 Å². The lowest BCUT2D eigenvalue weighted by atomic mass is 10.2. The van der Waals surface area contributed by atoms with Crippen molar-refractivity contribution in [2.45, 2.75) is 20.5 Å². The van der Waals surface area contributed by atoms with Crippen LogP contribution in [-0.4, -0.2) is 25.5 Å². The maximum absolute atomic E-state index is 5.28. The molecule has 0 spiro atoms. The summed E-state index contributed by atoms with van der Waals surface area (Å²) in [5.41, 5.74) is 3.94. The number of nitrogens with zero attached hydrogens (tertiary/aromatic N) is 3. The van der Waals surface area contributed by atoms with Crippen LogP contribution in [0.1, 0.15) is 22.6 Å². The molecule has 0 saturated carbocycles. The standard InChI is InChI=1S/C15H19N3O2/c1-11-15(12(2)20-17-11)10-19-16-9-13-5-7-14(8-6-13)18(3)4/h5-9H,10H2,1-4H3. The summed E-state index contributed by atoms with van der Waals surface area (Å²) in [5.74, 6) is 0.771. The van der Waals surface area contributed by atoms with Crippen molar-refractivity contribution in [1.82, 2.24) is 5.16 Å². The van der Waals surface area contributed by atoms with E-state index in [1.807, 2.05) is 52.2 Å². The molecule has 0 N–H and O–H groups in total. The molecule has 2 rings (SSSR count). The lowest BCUT2D eigenvalue weighted by Gasteiger charge is -2.11. The Morgan fingerprint density at radius 2 is 1.95 bits per heavy atom. The summed E-state index contributed by atoms with van der Waals surface area (Å²) in [4.78, 5) is 7.33. The average Bonchev–Trinajstić information content (AvgIpc) is 2.75. The maximum atomic E-state index is 5.28. The van der Waals surface area contributed by atoms with Crippen molar-refractivity contribution >= 4 is 11.9 Å². The molecule has 5 heteroatoms. The lowest BCUT2D eigenvalue weighted by Crippen LogP contribution is -2.08. The van der Waals surface area contributed by atoms with Gasteiger partial charge in [0.25, 0.3) is 0 Å². The Labute approximate surface area is 118 Å². The fourth-order valence-electron chi connectivity index (χ4n) is 1.77. The minimum atomic E-state index is 0.369. The average molecular weight is 273 g/mol. The summed E-state index contributed by atoms with van der Waals surface area (Å²) in [5, 5.41) is 7.83. The Kier molecular flexibility index (Phi) is 4.40. The molecule has 1 aromatic carbocycles. The van der Waals surface area contributed by atoms with Gasteiger partial charge in [-0.25, -0.2) is 0 Å². The third kappa shape index (κ3) is 3.38. The number of hydrogen-bond acceptors (Lipinski definition) is 5. The molecule has 0 radical (unpaired) electrons. The molecular formula is C15H19N3O2. The van der Waals surface area contributed by atoms with Gasteiger partial charge in [0.05, 0.1) is 17.5 Å². The third-order valence-corrected chi connectivity index (χ3v) is 3.08. The molecule has 106 valence electrons. The van der Waals surface area contributed by atoms with E-state index in [0.717, 1.165) is 28.3 Å². The summed E-state index contributed by atoms with van der Waals surface area (Å²) in [6, 6.07) is 8.07.